The zero-order valence-electron chi connectivity index (χ0n) is 17.2. The van der Waals surface area contributed by atoms with Crippen LogP contribution in [0.2, 0.25) is 0 Å². The van der Waals surface area contributed by atoms with Crippen molar-refractivity contribution in [2.75, 3.05) is 32.1 Å². The zero-order valence-corrected chi connectivity index (χ0v) is 17.2. The van der Waals surface area contributed by atoms with E-state index < -0.39 is 23.6 Å². The van der Waals surface area contributed by atoms with Gasteiger partial charge in [0.2, 0.25) is 17.8 Å². The Morgan fingerprint density at radius 3 is 2.84 bits per heavy atom. The normalized spacial score (nSPS) is 16.8. The van der Waals surface area contributed by atoms with Crippen molar-refractivity contribution in [2.45, 2.75) is 19.1 Å². The van der Waals surface area contributed by atoms with Gasteiger partial charge in [-0.1, -0.05) is 0 Å². The Kier molecular flexibility index (Phi) is 5.92. The SMILES string of the molecule is COCCN1CC(C(=O)Nc2nc3cc(C(F)(F)F)ccc3n2Cc2ccco2)CC1=O. The molecule has 1 aliphatic heterocycles. The first-order valence-corrected chi connectivity index (χ1v) is 9.93. The number of carbonyl (C=O) groups excluding carboxylic acids is 2. The van der Waals surface area contributed by atoms with E-state index in [0.29, 0.717) is 24.4 Å². The first-order valence-electron chi connectivity index (χ1n) is 9.93. The lowest BCUT2D eigenvalue weighted by molar-refractivity contribution is -0.137. The summed E-state index contributed by atoms with van der Waals surface area (Å²) in [6.45, 7) is 1.15. The van der Waals surface area contributed by atoms with Gasteiger partial charge in [-0.3, -0.25) is 14.9 Å². The molecule has 1 fully saturated rings. The summed E-state index contributed by atoms with van der Waals surface area (Å²) >= 11 is 0. The van der Waals surface area contributed by atoms with Crippen molar-refractivity contribution in [2.24, 2.45) is 5.92 Å². The first-order chi connectivity index (χ1) is 15.3. The molecular formula is C21H21F3N4O4. The minimum absolute atomic E-state index is 0.0478. The van der Waals surface area contributed by atoms with Crippen LogP contribution in [-0.4, -0.2) is 53.1 Å². The van der Waals surface area contributed by atoms with Gasteiger partial charge in [0.15, 0.2) is 0 Å². The van der Waals surface area contributed by atoms with Crippen molar-refractivity contribution in [1.82, 2.24) is 14.5 Å². The van der Waals surface area contributed by atoms with Gasteiger partial charge in [0.05, 0.1) is 41.9 Å². The van der Waals surface area contributed by atoms with Crippen molar-refractivity contribution in [1.29, 1.82) is 0 Å². The number of rotatable bonds is 7. The van der Waals surface area contributed by atoms with Gasteiger partial charge in [-0.05, 0) is 30.3 Å². The fourth-order valence-electron chi connectivity index (χ4n) is 3.70. The summed E-state index contributed by atoms with van der Waals surface area (Å²) in [4.78, 5) is 30.8. The fraction of sp³-hybridized carbons (Fsp3) is 0.381. The number of likely N-dealkylation sites (tertiary alicyclic amines) is 1. The van der Waals surface area contributed by atoms with Crippen LogP contribution in [0.4, 0.5) is 19.1 Å². The third kappa shape index (κ3) is 4.47. The molecule has 2 amide bonds. The number of imidazole rings is 1. The van der Waals surface area contributed by atoms with E-state index in [-0.39, 0.29) is 36.9 Å². The van der Waals surface area contributed by atoms with E-state index in [1.165, 1.54) is 19.4 Å². The number of benzene rings is 1. The summed E-state index contributed by atoms with van der Waals surface area (Å²) in [5.41, 5.74) is -0.333. The first kappa shape index (κ1) is 21.9. The number of fused-ring (bicyclic) bond motifs is 1. The Labute approximate surface area is 180 Å². The van der Waals surface area contributed by atoms with Crippen LogP contribution in [0, 0.1) is 5.92 Å². The number of anilines is 1. The second-order valence-electron chi connectivity index (χ2n) is 7.53. The van der Waals surface area contributed by atoms with E-state index in [9.17, 15) is 22.8 Å². The van der Waals surface area contributed by atoms with Crippen molar-refractivity contribution in [3.8, 4) is 0 Å². The largest absolute Gasteiger partial charge is 0.467 e. The van der Waals surface area contributed by atoms with Crippen LogP contribution in [0.5, 0.6) is 0 Å². The maximum Gasteiger partial charge on any atom is 0.416 e. The van der Waals surface area contributed by atoms with Gasteiger partial charge in [0, 0.05) is 26.6 Å². The van der Waals surface area contributed by atoms with Gasteiger partial charge in [-0.25, -0.2) is 4.98 Å². The molecule has 1 atom stereocenters. The molecule has 8 nitrogen and oxygen atoms in total. The number of nitrogens with zero attached hydrogens (tertiary/aromatic N) is 3. The predicted molar refractivity (Wildman–Crippen MR) is 108 cm³/mol. The molecular weight excluding hydrogens is 429 g/mol. The summed E-state index contributed by atoms with van der Waals surface area (Å²) < 4.78 is 51.3. The Morgan fingerprint density at radius 2 is 2.16 bits per heavy atom. The number of aromatic nitrogens is 2. The van der Waals surface area contributed by atoms with E-state index in [1.807, 2.05) is 0 Å². The van der Waals surface area contributed by atoms with E-state index in [1.54, 1.807) is 21.6 Å². The molecule has 1 aliphatic rings. The lowest BCUT2D eigenvalue weighted by atomic mass is 10.1. The Morgan fingerprint density at radius 1 is 1.34 bits per heavy atom. The Balaban J connectivity index is 1.62. The number of ether oxygens (including phenoxy) is 1. The quantitative estimate of drug-likeness (QED) is 0.598. The van der Waals surface area contributed by atoms with E-state index >= 15 is 0 Å². The van der Waals surface area contributed by atoms with Crippen LogP contribution in [-0.2, 0) is 27.0 Å². The maximum absolute atomic E-state index is 13.1. The maximum atomic E-state index is 13.1. The average Bonchev–Trinajstić information content (AvgIpc) is 3.46. The number of methoxy groups -OCH3 is 1. The number of nitrogens with one attached hydrogen (secondary N) is 1. The van der Waals surface area contributed by atoms with Gasteiger partial charge in [0.1, 0.15) is 5.76 Å². The molecule has 0 aliphatic carbocycles. The predicted octanol–water partition coefficient (Wildman–Crippen LogP) is 3.13. The minimum Gasteiger partial charge on any atom is -0.467 e. The molecule has 32 heavy (non-hydrogen) atoms. The fourth-order valence-corrected chi connectivity index (χ4v) is 3.70. The molecule has 1 N–H and O–H groups in total. The lowest BCUT2D eigenvalue weighted by Crippen LogP contribution is -2.31. The van der Waals surface area contributed by atoms with Crippen molar-refractivity contribution in [3.05, 3.63) is 47.9 Å². The Bertz CT molecular complexity index is 1120. The van der Waals surface area contributed by atoms with Crippen LogP contribution in [0.15, 0.2) is 41.0 Å². The highest BCUT2D eigenvalue weighted by molar-refractivity contribution is 5.97. The third-order valence-electron chi connectivity index (χ3n) is 5.36. The van der Waals surface area contributed by atoms with Crippen molar-refractivity contribution >= 4 is 28.8 Å². The molecule has 1 unspecified atom stereocenters. The smallest absolute Gasteiger partial charge is 0.416 e. The summed E-state index contributed by atoms with van der Waals surface area (Å²) in [6.07, 6.45) is -2.99. The highest BCUT2D eigenvalue weighted by atomic mass is 19.4. The van der Waals surface area contributed by atoms with Gasteiger partial charge < -0.3 is 18.6 Å². The van der Waals surface area contributed by atoms with E-state index in [0.717, 1.165) is 12.1 Å². The molecule has 3 heterocycles. The molecule has 0 bridgehead atoms. The van der Waals surface area contributed by atoms with E-state index in [4.69, 9.17) is 9.15 Å². The zero-order chi connectivity index (χ0) is 22.9. The number of carbonyl (C=O) groups is 2. The van der Waals surface area contributed by atoms with Crippen LogP contribution < -0.4 is 5.32 Å². The monoisotopic (exact) mass is 450 g/mol. The standard InChI is InChI=1S/C21H21F3N4O4/c1-31-8-6-27-11-13(9-18(27)29)19(30)26-20-25-16-10-14(21(22,23)24)4-5-17(16)28(20)12-15-3-2-7-32-15/h2-5,7,10,13H,6,8-9,11-12H2,1H3,(H,25,26,30). The molecule has 0 saturated carbocycles. The molecule has 11 heteroatoms. The van der Waals surface area contributed by atoms with Gasteiger partial charge in [-0.2, -0.15) is 13.2 Å². The number of hydrogen-bond acceptors (Lipinski definition) is 5. The van der Waals surface area contributed by atoms with Crippen LogP contribution in [0.1, 0.15) is 17.7 Å². The lowest BCUT2D eigenvalue weighted by Gasteiger charge is -2.16. The van der Waals surface area contributed by atoms with Crippen LogP contribution >= 0.6 is 0 Å². The van der Waals surface area contributed by atoms with Crippen LogP contribution in [0.3, 0.4) is 0 Å². The van der Waals surface area contributed by atoms with Crippen molar-refractivity contribution < 1.29 is 31.9 Å². The molecule has 4 rings (SSSR count). The summed E-state index contributed by atoms with van der Waals surface area (Å²) in [7, 11) is 1.53. The number of alkyl halides is 3. The van der Waals surface area contributed by atoms with Crippen LogP contribution in [0.25, 0.3) is 11.0 Å². The second-order valence-corrected chi connectivity index (χ2v) is 7.53. The summed E-state index contributed by atoms with van der Waals surface area (Å²) in [5, 5.41) is 2.69. The Hall–Kier alpha value is -3.34. The number of halogens is 3. The van der Waals surface area contributed by atoms with Gasteiger partial charge >= 0.3 is 6.18 Å². The topological polar surface area (TPSA) is 89.6 Å². The molecule has 1 aromatic carbocycles. The van der Waals surface area contributed by atoms with Crippen molar-refractivity contribution in [3.63, 3.8) is 0 Å². The highest BCUT2D eigenvalue weighted by Gasteiger charge is 2.35. The molecule has 0 spiro atoms. The van der Waals surface area contributed by atoms with Gasteiger partial charge in [0.25, 0.3) is 0 Å². The summed E-state index contributed by atoms with van der Waals surface area (Å²) in [5.74, 6) is -0.543. The molecule has 170 valence electrons. The number of hydrogen-bond donors (Lipinski definition) is 1. The third-order valence-corrected chi connectivity index (χ3v) is 5.36. The highest BCUT2D eigenvalue weighted by Crippen LogP contribution is 2.32. The molecule has 1 saturated heterocycles. The van der Waals surface area contributed by atoms with Gasteiger partial charge in [-0.15, -0.1) is 0 Å². The second kappa shape index (κ2) is 8.65. The molecule has 3 aromatic rings. The summed E-state index contributed by atoms with van der Waals surface area (Å²) in [6, 6.07) is 6.63. The number of furan rings is 1. The number of amides is 2. The molecule has 2 aromatic heterocycles. The average molecular weight is 450 g/mol. The molecule has 0 radical (unpaired) electrons. The van der Waals surface area contributed by atoms with E-state index in [2.05, 4.69) is 10.3 Å². The minimum atomic E-state index is -4.52.